The highest BCUT2D eigenvalue weighted by molar-refractivity contribution is 4.75. The highest BCUT2D eigenvalue weighted by atomic mass is 16.5. The Bertz CT molecular complexity index is 153. The summed E-state index contributed by atoms with van der Waals surface area (Å²) >= 11 is 0. The molecular formula is C12H26N2O. The van der Waals surface area contributed by atoms with Crippen molar-refractivity contribution in [1.82, 2.24) is 10.2 Å². The molecule has 0 spiro atoms. The summed E-state index contributed by atoms with van der Waals surface area (Å²) in [6.07, 6.45) is 4.93. The first kappa shape index (κ1) is 12.9. The number of likely N-dealkylation sites (N-methyl/N-ethyl adjacent to an activating group) is 1. The molecule has 0 amide bonds. The lowest BCUT2D eigenvalue weighted by molar-refractivity contribution is 0.130. The predicted octanol–water partition coefficient (Wildman–Crippen LogP) is 1.49. The average Bonchev–Trinajstić information content (AvgIpc) is 2.23. The number of piperidine rings is 1. The molecule has 0 saturated carbocycles. The predicted molar refractivity (Wildman–Crippen MR) is 64.2 cm³/mol. The highest BCUT2D eigenvalue weighted by Crippen LogP contribution is 2.07. The molecule has 1 aliphatic heterocycles. The molecule has 1 heterocycles. The van der Waals surface area contributed by atoms with Crippen molar-refractivity contribution in [3.8, 4) is 0 Å². The van der Waals surface area contributed by atoms with Gasteiger partial charge in [0.1, 0.15) is 0 Å². The second-order valence-corrected chi connectivity index (χ2v) is 4.52. The van der Waals surface area contributed by atoms with Crippen molar-refractivity contribution in [2.45, 2.75) is 38.6 Å². The van der Waals surface area contributed by atoms with Crippen LogP contribution in [0.1, 0.15) is 32.6 Å². The lowest BCUT2D eigenvalue weighted by atomic mass is 10.1. The summed E-state index contributed by atoms with van der Waals surface area (Å²) in [4.78, 5) is 2.41. The van der Waals surface area contributed by atoms with E-state index >= 15 is 0 Å². The average molecular weight is 214 g/mol. The van der Waals surface area contributed by atoms with Crippen LogP contribution in [0.4, 0.5) is 0 Å². The zero-order valence-corrected chi connectivity index (χ0v) is 10.3. The summed E-state index contributed by atoms with van der Waals surface area (Å²) in [5, 5.41) is 3.61. The molecule has 90 valence electrons. The summed E-state index contributed by atoms with van der Waals surface area (Å²) in [7, 11) is 2.21. The van der Waals surface area contributed by atoms with Gasteiger partial charge in [-0.3, -0.25) is 0 Å². The van der Waals surface area contributed by atoms with Gasteiger partial charge in [-0.2, -0.15) is 0 Å². The van der Waals surface area contributed by atoms with Crippen molar-refractivity contribution in [2.24, 2.45) is 0 Å². The first-order valence-electron chi connectivity index (χ1n) is 6.32. The molecule has 15 heavy (non-hydrogen) atoms. The summed E-state index contributed by atoms with van der Waals surface area (Å²) in [5.74, 6) is 0. The van der Waals surface area contributed by atoms with Crippen LogP contribution in [0, 0.1) is 0 Å². The van der Waals surface area contributed by atoms with E-state index in [0.29, 0.717) is 6.04 Å². The molecule has 0 aromatic rings. The second kappa shape index (κ2) is 8.08. The van der Waals surface area contributed by atoms with Crippen LogP contribution in [0.2, 0.25) is 0 Å². The number of nitrogens with zero attached hydrogens (tertiary/aromatic N) is 1. The van der Waals surface area contributed by atoms with E-state index in [1.807, 2.05) is 0 Å². The molecule has 1 atom stereocenters. The standard InChI is InChI=1S/C12H26N2O/c1-3-9-15-10-5-7-13-12-6-4-8-14(2)11-12/h12-13H,3-11H2,1-2H3. The van der Waals surface area contributed by atoms with Gasteiger partial charge in [-0.15, -0.1) is 0 Å². The number of rotatable bonds is 7. The van der Waals surface area contributed by atoms with E-state index in [-0.39, 0.29) is 0 Å². The number of hydrogen-bond donors (Lipinski definition) is 1. The fourth-order valence-electron chi connectivity index (χ4n) is 2.06. The first-order chi connectivity index (χ1) is 7.33. The van der Waals surface area contributed by atoms with Gasteiger partial charge in [-0.25, -0.2) is 0 Å². The number of ether oxygens (including phenoxy) is 1. The Balaban J connectivity index is 1.90. The van der Waals surface area contributed by atoms with Crippen LogP contribution in [-0.4, -0.2) is 50.8 Å². The van der Waals surface area contributed by atoms with Crippen LogP contribution in [0.25, 0.3) is 0 Å². The Morgan fingerprint density at radius 2 is 2.27 bits per heavy atom. The maximum Gasteiger partial charge on any atom is 0.0478 e. The lowest BCUT2D eigenvalue weighted by Crippen LogP contribution is -2.44. The Labute approximate surface area is 94.2 Å². The molecule has 0 radical (unpaired) electrons. The molecule has 3 nitrogen and oxygen atoms in total. The van der Waals surface area contributed by atoms with E-state index < -0.39 is 0 Å². The molecule has 1 N–H and O–H groups in total. The van der Waals surface area contributed by atoms with Gasteiger partial charge in [0.15, 0.2) is 0 Å². The van der Waals surface area contributed by atoms with Crippen LogP contribution in [0.3, 0.4) is 0 Å². The Morgan fingerprint density at radius 3 is 3.00 bits per heavy atom. The van der Waals surface area contributed by atoms with E-state index in [9.17, 15) is 0 Å². The quantitative estimate of drug-likeness (QED) is 0.650. The number of nitrogens with one attached hydrogen (secondary N) is 1. The Morgan fingerprint density at radius 1 is 1.40 bits per heavy atom. The normalized spacial score (nSPS) is 23.2. The van der Waals surface area contributed by atoms with Gasteiger partial charge in [0.25, 0.3) is 0 Å². The minimum Gasteiger partial charge on any atom is -0.381 e. The molecule has 0 aromatic carbocycles. The third-order valence-corrected chi connectivity index (χ3v) is 2.87. The van der Waals surface area contributed by atoms with Crippen molar-refractivity contribution in [1.29, 1.82) is 0 Å². The van der Waals surface area contributed by atoms with E-state index in [1.165, 1.54) is 25.9 Å². The van der Waals surface area contributed by atoms with E-state index in [2.05, 4.69) is 24.2 Å². The van der Waals surface area contributed by atoms with Crippen LogP contribution < -0.4 is 5.32 Å². The molecule has 0 aliphatic carbocycles. The Kier molecular flexibility index (Phi) is 6.98. The third kappa shape index (κ3) is 6.13. The van der Waals surface area contributed by atoms with Crippen LogP contribution >= 0.6 is 0 Å². The van der Waals surface area contributed by atoms with Gasteiger partial charge in [0.2, 0.25) is 0 Å². The van der Waals surface area contributed by atoms with Crippen molar-refractivity contribution in [3.63, 3.8) is 0 Å². The topological polar surface area (TPSA) is 24.5 Å². The summed E-state index contributed by atoms with van der Waals surface area (Å²) in [5.41, 5.74) is 0. The van der Waals surface area contributed by atoms with Gasteiger partial charge in [0, 0.05) is 25.8 Å². The van der Waals surface area contributed by atoms with Crippen LogP contribution in [0.15, 0.2) is 0 Å². The SMILES string of the molecule is CCCOCCCNC1CCCN(C)C1. The second-order valence-electron chi connectivity index (χ2n) is 4.52. The fourth-order valence-corrected chi connectivity index (χ4v) is 2.06. The molecule has 1 unspecified atom stereocenters. The molecule has 1 fully saturated rings. The van der Waals surface area contributed by atoms with Crippen molar-refractivity contribution in [3.05, 3.63) is 0 Å². The van der Waals surface area contributed by atoms with Gasteiger partial charge in [-0.1, -0.05) is 6.92 Å². The monoisotopic (exact) mass is 214 g/mol. The van der Waals surface area contributed by atoms with Gasteiger partial charge in [0.05, 0.1) is 0 Å². The van der Waals surface area contributed by atoms with E-state index in [0.717, 1.165) is 32.6 Å². The molecule has 0 aromatic heterocycles. The minimum absolute atomic E-state index is 0.704. The largest absolute Gasteiger partial charge is 0.381 e. The zero-order valence-electron chi connectivity index (χ0n) is 10.3. The third-order valence-electron chi connectivity index (χ3n) is 2.87. The molecule has 1 saturated heterocycles. The maximum atomic E-state index is 5.44. The van der Waals surface area contributed by atoms with E-state index in [1.54, 1.807) is 0 Å². The molecular weight excluding hydrogens is 188 g/mol. The molecule has 1 rings (SSSR count). The van der Waals surface area contributed by atoms with Crippen molar-refractivity contribution in [2.75, 3.05) is 39.9 Å². The zero-order chi connectivity index (χ0) is 10.9. The van der Waals surface area contributed by atoms with Crippen molar-refractivity contribution >= 4 is 0 Å². The smallest absolute Gasteiger partial charge is 0.0478 e. The molecule has 1 aliphatic rings. The minimum atomic E-state index is 0.704. The van der Waals surface area contributed by atoms with Gasteiger partial charge in [-0.05, 0) is 45.8 Å². The van der Waals surface area contributed by atoms with Gasteiger partial charge < -0.3 is 15.0 Å². The van der Waals surface area contributed by atoms with Crippen molar-refractivity contribution < 1.29 is 4.74 Å². The Hall–Kier alpha value is -0.120. The fraction of sp³-hybridized carbons (Fsp3) is 1.00. The molecule has 0 bridgehead atoms. The molecule has 3 heteroatoms. The summed E-state index contributed by atoms with van der Waals surface area (Å²) < 4.78 is 5.44. The summed E-state index contributed by atoms with van der Waals surface area (Å²) in [6, 6.07) is 0.704. The van der Waals surface area contributed by atoms with Gasteiger partial charge >= 0.3 is 0 Å². The lowest BCUT2D eigenvalue weighted by Gasteiger charge is -2.30. The summed E-state index contributed by atoms with van der Waals surface area (Å²) in [6.45, 7) is 7.53. The van der Waals surface area contributed by atoms with Crippen LogP contribution in [-0.2, 0) is 4.74 Å². The number of hydrogen-bond acceptors (Lipinski definition) is 3. The highest BCUT2D eigenvalue weighted by Gasteiger charge is 2.15. The van der Waals surface area contributed by atoms with E-state index in [4.69, 9.17) is 4.74 Å². The first-order valence-corrected chi connectivity index (χ1v) is 6.32. The number of likely N-dealkylation sites (tertiary alicyclic amines) is 1. The maximum absolute atomic E-state index is 5.44. The van der Waals surface area contributed by atoms with Crippen LogP contribution in [0.5, 0.6) is 0 Å².